The summed E-state index contributed by atoms with van der Waals surface area (Å²) < 4.78 is 18.3. The van der Waals surface area contributed by atoms with E-state index < -0.39 is 5.82 Å². The molecular weight excluding hydrogens is 363 g/mol. The predicted molar refractivity (Wildman–Crippen MR) is 98.2 cm³/mol. The molecule has 25 heavy (non-hydrogen) atoms. The maximum Gasteiger partial charge on any atom is 0.267 e. The Hall–Kier alpha value is -2.44. The Morgan fingerprint density at radius 1 is 1.24 bits per heavy atom. The van der Waals surface area contributed by atoms with Crippen LogP contribution in [0.1, 0.15) is 15.4 Å². The van der Waals surface area contributed by atoms with Crippen LogP contribution in [-0.4, -0.2) is 18.0 Å². The van der Waals surface area contributed by atoms with Gasteiger partial charge in [0.2, 0.25) is 0 Å². The second-order valence-electron chi connectivity index (χ2n) is 5.25. The van der Waals surface area contributed by atoms with E-state index in [1.807, 2.05) is 24.3 Å². The van der Waals surface area contributed by atoms with Crippen molar-refractivity contribution >= 4 is 34.5 Å². The van der Waals surface area contributed by atoms with Crippen LogP contribution in [0.25, 0.3) is 10.6 Å². The molecule has 3 rings (SSSR count). The van der Waals surface area contributed by atoms with Crippen molar-refractivity contribution in [3.63, 3.8) is 0 Å². The van der Waals surface area contributed by atoms with Gasteiger partial charge in [-0.1, -0.05) is 11.6 Å². The molecule has 3 aromatic rings. The number of halogens is 2. The molecule has 0 saturated carbocycles. The number of carbonyl (C=O) groups is 1. The maximum atomic E-state index is 13.2. The lowest BCUT2D eigenvalue weighted by molar-refractivity contribution is 0.103. The predicted octanol–water partition coefficient (Wildman–Crippen LogP) is 5.17. The van der Waals surface area contributed by atoms with Gasteiger partial charge in [-0.25, -0.2) is 9.37 Å². The Balaban J connectivity index is 1.83. The zero-order chi connectivity index (χ0) is 18.0. The number of amides is 1. The van der Waals surface area contributed by atoms with Gasteiger partial charge in [-0.05, 0) is 49.4 Å². The molecule has 1 heterocycles. The van der Waals surface area contributed by atoms with E-state index in [1.165, 1.54) is 29.5 Å². The number of anilines is 1. The fourth-order valence-corrected chi connectivity index (χ4v) is 3.37. The Morgan fingerprint density at radius 2 is 1.96 bits per heavy atom. The Labute approximate surface area is 153 Å². The van der Waals surface area contributed by atoms with Crippen molar-refractivity contribution in [2.75, 3.05) is 12.4 Å². The molecule has 1 N–H and O–H groups in total. The van der Waals surface area contributed by atoms with E-state index in [2.05, 4.69) is 10.3 Å². The molecule has 0 fully saturated rings. The third-order valence-corrected chi connectivity index (χ3v) is 5.01. The molecule has 0 saturated heterocycles. The summed E-state index contributed by atoms with van der Waals surface area (Å²) in [4.78, 5) is 17.4. The summed E-state index contributed by atoms with van der Waals surface area (Å²) in [5, 5.41) is 3.41. The van der Waals surface area contributed by atoms with Crippen LogP contribution in [0.3, 0.4) is 0 Å². The van der Waals surface area contributed by atoms with Crippen LogP contribution in [0.15, 0.2) is 42.5 Å². The van der Waals surface area contributed by atoms with Crippen LogP contribution < -0.4 is 10.1 Å². The minimum absolute atomic E-state index is 0.0438. The molecule has 7 heteroatoms. The molecule has 0 radical (unpaired) electrons. The van der Waals surface area contributed by atoms with Crippen molar-refractivity contribution in [1.82, 2.24) is 4.98 Å². The van der Waals surface area contributed by atoms with Gasteiger partial charge in [0.1, 0.15) is 21.5 Å². The second kappa shape index (κ2) is 7.21. The van der Waals surface area contributed by atoms with Crippen LogP contribution in [0.4, 0.5) is 10.1 Å². The third-order valence-electron chi connectivity index (χ3n) is 3.52. The van der Waals surface area contributed by atoms with E-state index in [4.69, 9.17) is 16.3 Å². The van der Waals surface area contributed by atoms with Gasteiger partial charge in [0.25, 0.3) is 5.91 Å². The van der Waals surface area contributed by atoms with Gasteiger partial charge in [0, 0.05) is 11.3 Å². The SMILES string of the molecule is COc1ccc(-c2nc(C)c(C(=O)Nc3ccc(F)c(Cl)c3)s2)cc1. The molecule has 4 nitrogen and oxygen atoms in total. The molecule has 0 bridgehead atoms. The average Bonchev–Trinajstić information content (AvgIpc) is 3.00. The topological polar surface area (TPSA) is 51.2 Å². The summed E-state index contributed by atoms with van der Waals surface area (Å²) in [6, 6.07) is 11.5. The average molecular weight is 377 g/mol. The molecule has 1 amide bonds. The van der Waals surface area contributed by atoms with Gasteiger partial charge in [0.05, 0.1) is 17.8 Å². The molecule has 0 aliphatic carbocycles. The Morgan fingerprint density at radius 3 is 2.60 bits per heavy atom. The van der Waals surface area contributed by atoms with Gasteiger partial charge in [-0.3, -0.25) is 4.79 Å². The quantitative estimate of drug-likeness (QED) is 0.683. The normalized spacial score (nSPS) is 10.6. The number of hydrogen-bond donors (Lipinski definition) is 1. The lowest BCUT2D eigenvalue weighted by atomic mass is 10.2. The lowest BCUT2D eigenvalue weighted by Gasteiger charge is -2.04. The minimum atomic E-state index is -0.532. The van der Waals surface area contributed by atoms with Gasteiger partial charge >= 0.3 is 0 Å². The van der Waals surface area contributed by atoms with Crippen molar-refractivity contribution in [3.8, 4) is 16.3 Å². The van der Waals surface area contributed by atoms with E-state index in [9.17, 15) is 9.18 Å². The Bertz CT molecular complexity index is 925. The first-order valence-corrected chi connectivity index (χ1v) is 8.55. The maximum absolute atomic E-state index is 13.2. The van der Waals surface area contributed by atoms with Crippen molar-refractivity contribution in [1.29, 1.82) is 0 Å². The number of nitrogens with zero attached hydrogens (tertiary/aromatic N) is 1. The van der Waals surface area contributed by atoms with Crippen LogP contribution >= 0.6 is 22.9 Å². The highest BCUT2D eigenvalue weighted by Crippen LogP contribution is 2.30. The number of ether oxygens (including phenoxy) is 1. The largest absolute Gasteiger partial charge is 0.497 e. The van der Waals surface area contributed by atoms with E-state index in [0.29, 0.717) is 16.3 Å². The number of rotatable bonds is 4. The summed E-state index contributed by atoms with van der Waals surface area (Å²) in [5.74, 6) is -0.0870. The molecule has 0 spiro atoms. The number of aryl methyl sites for hydroxylation is 1. The van der Waals surface area contributed by atoms with Crippen LogP contribution in [0.2, 0.25) is 5.02 Å². The molecule has 128 valence electrons. The third kappa shape index (κ3) is 3.81. The van der Waals surface area contributed by atoms with Crippen molar-refractivity contribution in [2.45, 2.75) is 6.92 Å². The monoisotopic (exact) mass is 376 g/mol. The van der Waals surface area contributed by atoms with Crippen molar-refractivity contribution in [3.05, 3.63) is 63.9 Å². The highest BCUT2D eigenvalue weighted by atomic mass is 35.5. The number of aromatic nitrogens is 1. The fourth-order valence-electron chi connectivity index (χ4n) is 2.23. The second-order valence-corrected chi connectivity index (χ2v) is 6.65. The molecule has 0 aliphatic rings. The van der Waals surface area contributed by atoms with Crippen LogP contribution in [0, 0.1) is 12.7 Å². The zero-order valence-corrected chi connectivity index (χ0v) is 15.0. The van der Waals surface area contributed by atoms with E-state index in [1.54, 1.807) is 14.0 Å². The number of nitrogens with one attached hydrogen (secondary N) is 1. The minimum Gasteiger partial charge on any atom is -0.497 e. The summed E-state index contributed by atoms with van der Waals surface area (Å²) >= 11 is 7.03. The lowest BCUT2D eigenvalue weighted by Crippen LogP contribution is -2.11. The number of thiazole rings is 1. The highest BCUT2D eigenvalue weighted by Gasteiger charge is 2.17. The van der Waals surface area contributed by atoms with E-state index >= 15 is 0 Å². The number of carbonyl (C=O) groups excluding carboxylic acids is 1. The first-order valence-electron chi connectivity index (χ1n) is 7.36. The van der Waals surface area contributed by atoms with E-state index in [0.717, 1.165) is 16.3 Å². The van der Waals surface area contributed by atoms with Crippen molar-refractivity contribution in [2.24, 2.45) is 0 Å². The molecule has 1 aromatic heterocycles. The first kappa shape index (κ1) is 17.4. The highest BCUT2D eigenvalue weighted by molar-refractivity contribution is 7.17. The molecule has 0 aliphatic heterocycles. The molecule has 0 atom stereocenters. The van der Waals surface area contributed by atoms with Gasteiger partial charge in [-0.15, -0.1) is 11.3 Å². The van der Waals surface area contributed by atoms with E-state index in [-0.39, 0.29) is 10.9 Å². The standard InChI is InChI=1S/C18H14ClFN2O2S/c1-10-16(17(23)22-12-5-8-15(20)14(19)9-12)25-18(21-10)11-3-6-13(24-2)7-4-11/h3-9H,1-2H3,(H,22,23). The molecule has 2 aromatic carbocycles. The summed E-state index contributed by atoms with van der Waals surface area (Å²) in [6.07, 6.45) is 0. The first-order chi connectivity index (χ1) is 12.0. The number of hydrogen-bond acceptors (Lipinski definition) is 4. The summed E-state index contributed by atoms with van der Waals surface area (Å²) in [6.45, 7) is 1.77. The van der Waals surface area contributed by atoms with Crippen molar-refractivity contribution < 1.29 is 13.9 Å². The smallest absolute Gasteiger partial charge is 0.267 e. The molecular formula is C18H14ClFN2O2S. The molecule has 0 unspecified atom stereocenters. The van der Waals surface area contributed by atoms with Crippen LogP contribution in [-0.2, 0) is 0 Å². The van der Waals surface area contributed by atoms with Gasteiger partial charge < -0.3 is 10.1 Å². The summed E-state index contributed by atoms with van der Waals surface area (Å²) in [7, 11) is 1.60. The number of methoxy groups -OCH3 is 1. The zero-order valence-electron chi connectivity index (χ0n) is 13.5. The summed E-state index contributed by atoms with van der Waals surface area (Å²) in [5.41, 5.74) is 1.95. The fraction of sp³-hybridized carbons (Fsp3) is 0.111. The van der Waals surface area contributed by atoms with Crippen LogP contribution in [0.5, 0.6) is 5.75 Å². The van der Waals surface area contributed by atoms with Gasteiger partial charge in [-0.2, -0.15) is 0 Å². The Kier molecular flexibility index (Phi) is 5.01. The number of benzene rings is 2. The van der Waals surface area contributed by atoms with Gasteiger partial charge in [0.15, 0.2) is 0 Å².